The van der Waals surface area contributed by atoms with Gasteiger partial charge in [0.15, 0.2) is 15.6 Å². The van der Waals surface area contributed by atoms with Crippen molar-refractivity contribution >= 4 is 37.7 Å². The number of nitrogens with one attached hydrogen (secondary N) is 2. The molecular weight excluding hydrogens is 586 g/mol. The molecule has 1 aromatic carbocycles. The second-order valence-corrected chi connectivity index (χ2v) is 15.7. The summed E-state index contributed by atoms with van der Waals surface area (Å²) in [6.07, 6.45) is 3.18. The number of allylic oxidation sites excluding steroid dienone is 3. The maximum absolute atomic E-state index is 14.1. The fourth-order valence-corrected chi connectivity index (χ4v) is 7.10. The first-order chi connectivity index (χ1) is 19.3. The number of aryl methyl sites for hydroxylation is 1. The lowest BCUT2D eigenvalue weighted by atomic mass is 9.71. The van der Waals surface area contributed by atoms with Gasteiger partial charge in [0.25, 0.3) is 0 Å². The van der Waals surface area contributed by atoms with Gasteiger partial charge in [-0.3, -0.25) is 9.59 Å². The quantitative estimate of drug-likeness (QED) is 0.387. The van der Waals surface area contributed by atoms with Crippen LogP contribution in [0.2, 0.25) is 0 Å². The van der Waals surface area contributed by atoms with E-state index in [9.17, 15) is 31.2 Å². The minimum atomic E-state index is -4.25. The maximum atomic E-state index is 14.1. The number of ether oxygens (including phenoxy) is 2. The van der Waals surface area contributed by atoms with Crippen LogP contribution in [0.25, 0.3) is 0 Å². The van der Waals surface area contributed by atoms with Gasteiger partial charge in [0.05, 0.1) is 27.9 Å². The summed E-state index contributed by atoms with van der Waals surface area (Å²) in [5, 5.41) is 2.94. The molecule has 1 amide bonds. The Bertz CT molecular complexity index is 1470. The number of hydrogen-bond donors (Lipinski definition) is 2. The van der Waals surface area contributed by atoms with Gasteiger partial charge in [-0.1, -0.05) is 23.8 Å². The van der Waals surface area contributed by atoms with Crippen LogP contribution in [-0.2, 0) is 38.9 Å². The monoisotopic (exact) mass is 625 g/mol. The van der Waals surface area contributed by atoms with E-state index in [0.717, 1.165) is 5.56 Å². The zero-order valence-corrected chi connectivity index (χ0v) is 26.3. The Balaban J connectivity index is 2.03. The van der Waals surface area contributed by atoms with Crippen molar-refractivity contribution in [3.05, 3.63) is 53.8 Å². The highest BCUT2D eigenvalue weighted by Gasteiger charge is 2.47. The lowest BCUT2D eigenvalue weighted by Crippen LogP contribution is -2.56. The number of nitrogens with zero attached hydrogens (tertiary/aromatic N) is 1. The predicted octanol–water partition coefficient (Wildman–Crippen LogP) is 1.86. The Morgan fingerprint density at radius 2 is 1.81 bits per heavy atom. The van der Waals surface area contributed by atoms with E-state index in [0.29, 0.717) is 0 Å². The molecule has 1 aliphatic carbocycles. The molecule has 232 valence electrons. The van der Waals surface area contributed by atoms with E-state index >= 15 is 0 Å². The van der Waals surface area contributed by atoms with Gasteiger partial charge in [0.1, 0.15) is 17.4 Å². The number of carbonyl (C=O) groups excluding carboxylic acids is 3. The zero-order chi connectivity index (χ0) is 31.5. The molecule has 3 atom stereocenters. The largest absolute Gasteiger partial charge is 0.459 e. The summed E-state index contributed by atoms with van der Waals surface area (Å²) in [6.45, 7) is 6.75. The topological polar surface area (TPSA) is 165 Å². The summed E-state index contributed by atoms with van der Waals surface area (Å²) >= 11 is 0. The van der Waals surface area contributed by atoms with Crippen LogP contribution < -0.4 is 10.0 Å². The molecule has 0 aromatic heterocycles. The fraction of sp³-hybridized carbons (Fsp3) is 0.536. The van der Waals surface area contributed by atoms with Crippen LogP contribution in [0.1, 0.15) is 39.2 Å². The molecule has 14 heteroatoms. The van der Waals surface area contributed by atoms with Gasteiger partial charge >= 0.3 is 12.1 Å². The predicted molar refractivity (Wildman–Crippen MR) is 156 cm³/mol. The summed E-state index contributed by atoms with van der Waals surface area (Å²) in [7, 11) is -4.76. The highest BCUT2D eigenvalue weighted by Crippen LogP contribution is 2.38. The number of rotatable bonds is 9. The van der Waals surface area contributed by atoms with Gasteiger partial charge in [-0.2, -0.15) is 4.72 Å². The van der Waals surface area contributed by atoms with Gasteiger partial charge in [0, 0.05) is 20.6 Å². The van der Waals surface area contributed by atoms with Crippen molar-refractivity contribution < 1.29 is 40.7 Å². The SMILES string of the molecule is Cc1ccc(S(=O)(=O)N[C@@H](CC2(C(=O)C3CS(=O)(=O)CCN3)C=CC(OC(=O)N(C)C)=CC2)C(=O)OC(C)(C)C)cc1. The maximum Gasteiger partial charge on any atom is 0.414 e. The molecule has 0 radical (unpaired) electrons. The van der Waals surface area contributed by atoms with Gasteiger partial charge in [-0.05, 0) is 64.8 Å². The first-order valence-electron chi connectivity index (χ1n) is 13.4. The van der Waals surface area contributed by atoms with Gasteiger partial charge < -0.3 is 19.7 Å². The summed E-state index contributed by atoms with van der Waals surface area (Å²) in [6, 6.07) is 3.40. The van der Waals surface area contributed by atoms with Crippen LogP contribution in [0.4, 0.5) is 4.79 Å². The number of sulfone groups is 1. The van der Waals surface area contributed by atoms with Gasteiger partial charge in [-0.15, -0.1) is 0 Å². The van der Waals surface area contributed by atoms with Crippen molar-refractivity contribution in [1.29, 1.82) is 0 Å². The van der Waals surface area contributed by atoms with Crippen molar-refractivity contribution in [2.45, 2.75) is 63.1 Å². The minimum Gasteiger partial charge on any atom is -0.459 e. The molecule has 2 aliphatic rings. The smallest absolute Gasteiger partial charge is 0.414 e. The summed E-state index contributed by atoms with van der Waals surface area (Å²) < 4.78 is 64.8. The Kier molecular flexibility index (Phi) is 10.1. The Labute approximate surface area is 247 Å². The van der Waals surface area contributed by atoms with Crippen molar-refractivity contribution in [2.75, 3.05) is 32.1 Å². The fourth-order valence-electron chi connectivity index (χ4n) is 4.55. The number of ketones is 1. The summed E-state index contributed by atoms with van der Waals surface area (Å²) in [4.78, 5) is 40.7. The van der Waals surface area contributed by atoms with Gasteiger partial charge in [-0.25, -0.2) is 21.6 Å². The third-order valence-electron chi connectivity index (χ3n) is 6.72. The molecule has 3 rings (SSSR count). The van der Waals surface area contributed by atoms with Crippen molar-refractivity contribution in [1.82, 2.24) is 14.9 Å². The molecule has 42 heavy (non-hydrogen) atoms. The van der Waals surface area contributed by atoms with Crippen LogP contribution in [0, 0.1) is 12.3 Å². The highest BCUT2D eigenvalue weighted by molar-refractivity contribution is 7.91. The lowest BCUT2D eigenvalue weighted by Gasteiger charge is -2.37. The Morgan fingerprint density at radius 1 is 1.17 bits per heavy atom. The molecule has 2 unspecified atom stereocenters. The number of amides is 1. The van der Waals surface area contributed by atoms with E-state index in [1.165, 1.54) is 49.4 Å². The number of Topliss-reactive ketones (excluding diaryl/α,β-unsaturated/α-hetero) is 1. The third kappa shape index (κ3) is 8.72. The molecule has 0 saturated carbocycles. The summed E-state index contributed by atoms with van der Waals surface area (Å²) in [5.74, 6) is -1.87. The molecule has 1 aromatic rings. The molecule has 1 heterocycles. The lowest BCUT2D eigenvalue weighted by molar-refractivity contribution is -0.157. The molecule has 12 nitrogen and oxygen atoms in total. The van der Waals surface area contributed by atoms with Crippen LogP contribution >= 0.6 is 0 Å². The second-order valence-electron chi connectivity index (χ2n) is 11.8. The standard InChI is InChI=1S/C28H39N3O9S2/c1-19-7-9-21(10-8-19)42(37,38)30-22(25(33)40-27(2,3)4)17-28(24(32)23-18-41(35,36)16-15-29-23)13-11-20(12-14-28)39-26(34)31(5)6/h7-13,22-23,29-30H,14-18H2,1-6H3/t22-,23?,28?/m0/s1. The number of benzene rings is 1. The first-order valence-corrected chi connectivity index (χ1v) is 16.7. The zero-order valence-electron chi connectivity index (χ0n) is 24.7. The first kappa shape index (κ1) is 33.4. The number of carbonyl (C=O) groups is 3. The number of hydrogen-bond acceptors (Lipinski definition) is 10. The van der Waals surface area contributed by atoms with Crippen molar-refractivity contribution in [3.63, 3.8) is 0 Å². The van der Waals surface area contributed by atoms with E-state index in [2.05, 4.69) is 10.0 Å². The molecule has 0 bridgehead atoms. The average Bonchev–Trinajstić information content (AvgIpc) is 2.87. The molecule has 0 spiro atoms. The third-order valence-corrected chi connectivity index (χ3v) is 9.88. The van der Waals surface area contributed by atoms with Crippen molar-refractivity contribution in [3.8, 4) is 0 Å². The van der Waals surface area contributed by atoms with E-state index in [1.54, 1.807) is 39.8 Å². The molecule has 1 aliphatic heterocycles. The number of sulfonamides is 1. The summed E-state index contributed by atoms with van der Waals surface area (Å²) in [5.41, 5.74) is -1.69. The molecule has 1 saturated heterocycles. The average molecular weight is 626 g/mol. The van der Waals surface area contributed by atoms with E-state index in [4.69, 9.17) is 9.47 Å². The second kappa shape index (κ2) is 12.7. The van der Waals surface area contributed by atoms with Crippen LogP contribution in [-0.4, -0.2) is 89.4 Å². The minimum absolute atomic E-state index is 0.0651. The molecule has 1 fully saturated rings. The van der Waals surface area contributed by atoms with Crippen LogP contribution in [0.5, 0.6) is 0 Å². The normalized spacial score (nSPS) is 22.9. The van der Waals surface area contributed by atoms with Gasteiger partial charge in [0.2, 0.25) is 10.0 Å². The number of esters is 1. The van der Waals surface area contributed by atoms with E-state index in [1.807, 2.05) is 0 Å². The van der Waals surface area contributed by atoms with Crippen molar-refractivity contribution in [2.24, 2.45) is 5.41 Å². The Morgan fingerprint density at radius 3 is 2.33 bits per heavy atom. The molecular formula is C28H39N3O9S2. The Hall–Kier alpha value is -3.07. The molecule has 2 N–H and O–H groups in total. The van der Waals surface area contributed by atoms with Crippen LogP contribution in [0.3, 0.4) is 0 Å². The van der Waals surface area contributed by atoms with Crippen LogP contribution in [0.15, 0.2) is 53.1 Å². The highest BCUT2D eigenvalue weighted by atomic mass is 32.2. The van der Waals surface area contributed by atoms with E-state index < -0.39 is 66.6 Å². The van der Waals surface area contributed by atoms with E-state index in [-0.39, 0.29) is 35.8 Å².